The van der Waals surface area contributed by atoms with Gasteiger partial charge in [-0.1, -0.05) is 20.8 Å². The van der Waals surface area contributed by atoms with Gasteiger partial charge in [-0.15, -0.1) is 11.3 Å². The molecule has 90 valence electrons. The topological polar surface area (TPSA) is 50.2 Å². The van der Waals surface area contributed by atoms with E-state index in [-0.39, 0.29) is 5.41 Å². The molecule has 1 aromatic heterocycles. The SMILES string of the molecule is CCC(C)(C)c1nc2ccc(C(=O)O)cc2s1. The van der Waals surface area contributed by atoms with Crippen LogP contribution in [0.2, 0.25) is 0 Å². The van der Waals surface area contributed by atoms with E-state index in [4.69, 9.17) is 5.11 Å². The van der Waals surface area contributed by atoms with E-state index in [9.17, 15) is 4.79 Å². The zero-order valence-corrected chi connectivity index (χ0v) is 11.0. The summed E-state index contributed by atoms with van der Waals surface area (Å²) < 4.78 is 0.946. The van der Waals surface area contributed by atoms with Crippen molar-refractivity contribution in [3.8, 4) is 0 Å². The number of hydrogen-bond donors (Lipinski definition) is 1. The van der Waals surface area contributed by atoms with Crippen molar-refractivity contribution in [1.29, 1.82) is 0 Å². The van der Waals surface area contributed by atoms with Gasteiger partial charge in [0.25, 0.3) is 0 Å². The number of nitrogens with zero attached hydrogens (tertiary/aromatic N) is 1. The molecule has 2 rings (SSSR count). The highest BCUT2D eigenvalue weighted by atomic mass is 32.1. The Morgan fingerprint density at radius 2 is 2.18 bits per heavy atom. The summed E-state index contributed by atoms with van der Waals surface area (Å²) in [4.78, 5) is 15.5. The lowest BCUT2D eigenvalue weighted by atomic mass is 9.91. The van der Waals surface area contributed by atoms with Gasteiger partial charge in [-0.2, -0.15) is 0 Å². The summed E-state index contributed by atoms with van der Waals surface area (Å²) in [5.41, 5.74) is 1.26. The molecule has 0 amide bonds. The lowest BCUT2D eigenvalue weighted by Gasteiger charge is -2.18. The first kappa shape index (κ1) is 12.0. The van der Waals surface area contributed by atoms with Gasteiger partial charge >= 0.3 is 5.97 Å². The maximum atomic E-state index is 10.9. The van der Waals surface area contributed by atoms with Gasteiger partial charge in [-0.3, -0.25) is 0 Å². The lowest BCUT2D eigenvalue weighted by molar-refractivity contribution is 0.0697. The van der Waals surface area contributed by atoms with Crippen molar-refractivity contribution in [2.45, 2.75) is 32.6 Å². The molecular formula is C13H15NO2S. The summed E-state index contributed by atoms with van der Waals surface area (Å²) >= 11 is 1.59. The fourth-order valence-electron chi connectivity index (χ4n) is 1.50. The molecule has 1 aromatic carbocycles. The first-order valence-electron chi connectivity index (χ1n) is 5.58. The van der Waals surface area contributed by atoms with E-state index in [1.807, 2.05) is 0 Å². The number of benzene rings is 1. The molecule has 0 fully saturated rings. The van der Waals surface area contributed by atoms with Crippen molar-refractivity contribution in [1.82, 2.24) is 4.98 Å². The molecule has 0 atom stereocenters. The Morgan fingerprint density at radius 1 is 1.47 bits per heavy atom. The van der Waals surface area contributed by atoms with E-state index in [0.29, 0.717) is 5.56 Å². The van der Waals surface area contributed by atoms with Gasteiger partial charge in [0.1, 0.15) is 0 Å². The summed E-state index contributed by atoms with van der Waals surface area (Å²) in [5.74, 6) is -0.892. The molecular weight excluding hydrogens is 234 g/mol. The number of hydrogen-bond acceptors (Lipinski definition) is 3. The standard InChI is InChI=1S/C13H15NO2S/c1-4-13(2,3)12-14-9-6-5-8(11(15)16)7-10(9)17-12/h5-7H,4H2,1-3H3,(H,15,16). The fourth-order valence-corrected chi connectivity index (χ4v) is 2.68. The summed E-state index contributed by atoms with van der Waals surface area (Å²) in [7, 11) is 0. The molecule has 2 aromatic rings. The second-order valence-electron chi connectivity index (χ2n) is 4.74. The van der Waals surface area contributed by atoms with Crippen molar-refractivity contribution < 1.29 is 9.90 Å². The summed E-state index contributed by atoms with van der Waals surface area (Å²) in [6.07, 6.45) is 1.01. The third-order valence-corrected chi connectivity index (χ3v) is 4.48. The zero-order valence-electron chi connectivity index (χ0n) is 10.2. The van der Waals surface area contributed by atoms with Crippen molar-refractivity contribution in [3.63, 3.8) is 0 Å². The highest BCUT2D eigenvalue weighted by molar-refractivity contribution is 7.18. The zero-order chi connectivity index (χ0) is 12.6. The van der Waals surface area contributed by atoms with Gasteiger partial charge in [-0.05, 0) is 24.6 Å². The third-order valence-electron chi connectivity index (χ3n) is 3.10. The molecule has 4 heteroatoms. The Kier molecular flexibility index (Phi) is 2.91. The van der Waals surface area contributed by atoms with E-state index >= 15 is 0 Å². The quantitative estimate of drug-likeness (QED) is 0.902. The fraction of sp³-hybridized carbons (Fsp3) is 0.385. The number of carbonyl (C=O) groups is 1. The molecule has 0 saturated heterocycles. The molecule has 0 spiro atoms. The van der Waals surface area contributed by atoms with Crippen molar-refractivity contribution in [2.75, 3.05) is 0 Å². The van der Waals surface area contributed by atoms with Crippen LogP contribution >= 0.6 is 11.3 Å². The van der Waals surface area contributed by atoms with Crippen LogP contribution < -0.4 is 0 Å². The number of carboxylic acid groups (broad SMARTS) is 1. The Morgan fingerprint density at radius 3 is 2.76 bits per heavy atom. The van der Waals surface area contributed by atoms with Gasteiger partial charge in [0, 0.05) is 5.41 Å². The van der Waals surface area contributed by atoms with Crippen LogP contribution in [0.1, 0.15) is 42.6 Å². The molecule has 0 aliphatic heterocycles. The Balaban J connectivity index is 2.54. The largest absolute Gasteiger partial charge is 0.478 e. The molecule has 1 heterocycles. The minimum Gasteiger partial charge on any atom is -0.478 e. The van der Waals surface area contributed by atoms with E-state index in [1.54, 1.807) is 29.5 Å². The third kappa shape index (κ3) is 2.17. The molecule has 0 aliphatic rings. The second-order valence-corrected chi connectivity index (χ2v) is 5.77. The summed E-state index contributed by atoms with van der Waals surface area (Å²) in [5, 5.41) is 10.0. The Labute approximate surface area is 104 Å². The molecule has 17 heavy (non-hydrogen) atoms. The van der Waals surface area contributed by atoms with Gasteiger partial charge in [0.05, 0.1) is 20.8 Å². The maximum Gasteiger partial charge on any atom is 0.335 e. The van der Waals surface area contributed by atoms with Gasteiger partial charge in [0.15, 0.2) is 0 Å². The minimum atomic E-state index is -0.892. The van der Waals surface area contributed by atoms with Crippen molar-refractivity contribution in [2.24, 2.45) is 0 Å². The van der Waals surface area contributed by atoms with E-state index in [1.165, 1.54) is 0 Å². The predicted octanol–water partition coefficient (Wildman–Crippen LogP) is 3.68. The normalized spacial score (nSPS) is 11.9. The molecule has 0 radical (unpaired) electrons. The average molecular weight is 249 g/mol. The van der Waals surface area contributed by atoms with E-state index in [2.05, 4.69) is 25.8 Å². The van der Waals surface area contributed by atoms with Crippen LogP contribution in [0.15, 0.2) is 18.2 Å². The number of aromatic carboxylic acids is 1. The van der Waals surface area contributed by atoms with Crippen LogP contribution in [-0.2, 0) is 5.41 Å². The summed E-state index contributed by atoms with van der Waals surface area (Å²) in [6, 6.07) is 5.09. The molecule has 3 nitrogen and oxygen atoms in total. The van der Waals surface area contributed by atoms with Gasteiger partial charge < -0.3 is 5.11 Å². The second kappa shape index (κ2) is 4.11. The molecule has 1 N–H and O–H groups in total. The number of fused-ring (bicyclic) bond motifs is 1. The number of aromatic nitrogens is 1. The van der Waals surface area contributed by atoms with Crippen molar-refractivity contribution in [3.05, 3.63) is 28.8 Å². The highest BCUT2D eigenvalue weighted by Gasteiger charge is 2.22. The van der Waals surface area contributed by atoms with E-state index in [0.717, 1.165) is 21.6 Å². The maximum absolute atomic E-state index is 10.9. The van der Waals surface area contributed by atoms with Crippen LogP contribution in [0, 0.1) is 0 Å². The minimum absolute atomic E-state index is 0.0487. The number of rotatable bonds is 3. The summed E-state index contributed by atoms with van der Waals surface area (Å²) in [6.45, 7) is 6.44. The van der Waals surface area contributed by atoms with Crippen LogP contribution in [-0.4, -0.2) is 16.1 Å². The van der Waals surface area contributed by atoms with Crippen molar-refractivity contribution >= 4 is 27.5 Å². The highest BCUT2D eigenvalue weighted by Crippen LogP contribution is 2.33. The molecule has 0 bridgehead atoms. The number of thiazole rings is 1. The smallest absolute Gasteiger partial charge is 0.335 e. The first-order valence-corrected chi connectivity index (χ1v) is 6.40. The van der Waals surface area contributed by atoms with Gasteiger partial charge in [-0.25, -0.2) is 9.78 Å². The Bertz CT molecular complexity index is 572. The number of carboxylic acids is 1. The van der Waals surface area contributed by atoms with E-state index < -0.39 is 5.97 Å². The molecule has 0 unspecified atom stereocenters. The van der Waals surface area contributed by atoms with Crippen LogP contribution in [0.3, 0.4) is 0 Å². The van der Waals surface area contributed by atoms with Crippen LogP contribution in [0.4, 0.5) is 0 Å². The molecule has 0 aliphatic carbocycles. The first-order chi connectivity index (χ1) is 7.94. The monoisotopic (exact) mass is 249 g/mol. The van der Waals surface area contributed by atoms with Crippen LogP contribution in [0.25, 0.3) is 10.2 Å². The van der Waals surface area contributed by atoms with Crippen LogP contribution in [0.5, 0.6) is 0 Å². The average Bonchev–Trinajstić information content (AvgIpc) is 2.72. The lowest BCUT2D eigenvalue weighted by Crippen LogP contribution is -2.14. The predicted molar refractivity (Wildman–Crippen MR) is 69.9 cm³/mol. The Hall–Kier alpha value is -1.42. The molecule has 0 saturated carbocycles. The van der Waals surface area contributed by atoms with Gasteiger partial charge in [0.2, 0.25) is 0 Å².